The van der Waals surface area contributed by atoms with E-state index in [-0.39, 0.29) is 5.25 Å². The van der Waals surface area contributed by atoms with Gasteiger partial charge in [0.25, 0.3) is 0 Å². The Bertz CT molecular complexity index is 287. The van der Waals surface area contributed by atoms with Crippen molar-refractivity contribution in [1.29, 1.82) is 0 Å². The van der Waals surface area contributed by atoms with E-state index in [0.717, 1.165) is 18.8 Å². The van der Waals surface area contributed by atoms with Gasteiger partial charge in [-0.05, 0) is 26.2 Å². The molecule has 2 nitrogen and oxygen atoms in total. The maximum Gasteiger partial charge on any atom is 0.152 e. The maximum absolute atomic E-state index is 11.6. The smallest absolute Gasteiger partial charge is 0.152 e. The molecule has 0 aromatic rings. The van der Waals surface area contributed by atoms with E-state index in [9.17, 15) is 8.42 Å². The van der Waals surface area contributed by atoms with Crippen molar-refractivity contribution >= 4 is 9.84 Å². The zero-order valence-corrected chi connectivity index (χ0v) is 12.3. The first-order chi connectivity index (χ1) is 8.02. The number of hydrogen-bond acceptors (Lipinski definition) is 2. The van der Waals surface area contributed by atoms with E-state index in [2.05, 4.69) is 0 Å². The van der Waals surface area contributed by atoms with Gasteiger partial charge in [-0.3, -0.25) is 0 Å². The first-order valence-electron chi connectivity index (χ1n) is 7.24. The van der Waals surface area contributed by atoms with E-state index in [1.165, 1.54) is 44.9 Å². The van der Waals surface area contributed by atoms with Gasteiger partial charge in [0.1, 0.15) is 0 Å². The molecule has 102 valence electrons. The van der Waals surface area contributed by atoms with E-state index in [1.807, 2.05) is 0 Å². The summed E-state index contributed by atoms with van der Waals surface area (Å²) in [5.74, 6) is 1.32. The van der Waals surface area contributed by atoms with Crippen molar-refractivity contribution in [3.63, 3.8) is 0 Å². The van der Waals surface area contributed by atoms with Gasteiger partial charge >= 0.3 is 0 Å². The summed E-state index contributed by atoms with van der Waals surface area (Å²) in [4.78, 5) is 0. The van der Waals surface area contributed by atoms with Gasteiger partial charge < -0.3 is 0 Å². The van der Waals surface area contributed by atoms with Crippen molar-refractivity contribution in [2.24, 2.45) is 5.92 Å². The Morgan fingerprint density at radius 2 is 1.65 bits per heavy atom. The van der Waals surface area contributed by atoms with Crippen molar-refractivity contribution in [3.05, 3.63) is 0 Å². The van der Waals surface area contributed by atoms with E-state index in [1.54, 1.807) is 13.8 Å². The Hall–Kier alpha value is -0.0500. The Kier molecular flexibility index (Phi) is 6.53. The Morgan fingerprint density at radius 3 is 2.24 bits per heavy atom. The molecule has 1 saturated carbocycles. The monoisotopic (exact) mass is 260 g/mol. The lowest BCUT2D eigenvalue weighted by Gasteiger charge is -2.21. The summed E-state index contributed by atoms with van der Waals surface area (Å²) in [7, 11) is -2.80. The molecule has 0 atom stereocenters. The molecule has 17 heavy (non-hydrogen) atoms. The summed E-state index contributed by atoms with van der Waals surface area (Å²) < 4.78 is 23.2. The number of hydrogen-bond donors (Lipinski definition) is 0. The molecule has 0 radical (unpaired) electrons. The minimum atomic E-state index is -2.80. The van der Waals surface area contributed by atoms with Crippen molar-refractivity contribution in [2.45, 2.75) is 76.9 Å². The molecule has 0 saturated heterocycles. The van der Waals surface area contributed by atoms with E-state index >= 15 is 0 Å². The van der Waals surface area contributed by atoms with E-state index in [4.69, 9.17) is 0 Å². The number of unbranched alkanes of at least 4 members (excludes halogenated alkanes) is 2. The minimum Gasteiger partial charge on any atom is -0.229 e. The van der Waals surface area contributed by atoms with Crippen molar-refractivity contribution in [2.75, 3.05) is 5.75 Å². The predicted octanol–water partition coefficient (Wildman–Crippen LogP) is 3.95. The lowest BCUT2D eigenvalue weighted by Crippen LogP contribution is -2.17. The molecule has 1 fully saturated rings. The number of sulfone groups is 1. The highest BCUT2D eigenvalue weighted by Crippen LogP contribution is 2.27. The molecule has 0 N–H and O–H groups in total. The van der Waals surface area contributed by atoms with Gasteiger partial charge in [-0.2, -0.15) is 0 Å². The van der Waals surface area contributed by atoms with Crippen LogP contribution in [0.4, 0.5) is 0 Å². The second kappa shape index (κ2) is 7.40. The van der Waals surface area contributed by atoms with Crippen LogP contribution in [0.1, 0.15) is 71.6 Å². The summed E-state index contributed by atoms with van der Waals surface area (Å²) >= 11 is 0. The summed E-state index contributed by atoms with van der Waals surface area (Å²) in [6, 6.07) is 0. The Labute approximate surface area is 107 Å². The van der Waals surface area contributed by atoms with Gasteiger partial charge in [0.2, 0.25) is 0 Å². The van der Waals surface area contributed by atoms with Crippen LogP contribution < -0.4 is 0 Å². The van der Waals surface area contributed by atoms with Gasteiger partial charge in [-0.15, -0.1) is 0 Å². The summed E-state index contributed by atoms with van der Waals surface area (Å²) in [6.45, 7) is 3.55. The van der Waals surface area contributed by atoms with Crippen LogP contribution >= 0.6 is 0 Å². The van der Waals surface area contributed by atoms with E-state index in [0.29, 0.717) is 5.75 Å². The molecule has 1 aliphatic rings. The first kappa shape index (κ1) is 15.0. The Morgan fingerprint density at radius 1 is 1.00 bits per heavy atom. The Balaban J connectivity index is 2.04. The average Bonchev–Trinajstić information content (AvgIpc) is 2.29. The van der Waals surface area contributed by atoms with Crippen molar-refractivity contribution in [1.82, 2.24) is 0 Å². The quantitative estimate of drug-likeness (QED) is 0.649. The van der Waals surface area contributed by atoms with Crippen LogP contribution in [0.5, 0.6) is 0 Å². The van der Waals surface area contributed by atoms with Crippen LogP contribution in [0.3, 0.4) is 0 Å². The topological polar surface area (TPSA) is 34.1 Å². The molecule has 0 bridgehead atoms. The van der Waals surface area contributed by atoms with Gasteiger partial charge in [0.15, 0.2) is 9.84 Å². The average molecular weight is 260 g/mol. The van der Waals surface area contributed by atoms with Gasteiger partial charge in [-0.1, -0.05) is 51.4 Å². The van der Waals surface area contributed by atoms with Gasteiger partial charge in [0, 0.05) is 0 Å². The SMILES string of the molecule is CC(C)S(=O)(=O)CCCCCC1CCCCC1. The summed E-state index contributed by atoms with van der Waals surface area (Å²) in [6.07, 6.45) is 11.5. The first-order valence-corrected chi connectivity index (χ1v) is 8.95. The highest BCUT2D eigenvalue weighted by molar-refractivity contribution is 7.91. The number of rotatable bonds is 7. The molecule has 0 aliphatic heterocycles. The third-order valence-electron chi connectivity index (χ3n) is 3.98. The standard InChI is InChI=1S/C14H28O2S/c1-13(2)17(15,16)12-8-4-7-11-14-9-5-3-6-10-14/h13-14H,3-12H2,1-2H3. The third kappa shape index (κ3) is 5.89. The minimum absolute atomic E-state index is 0.208. The van der Waals surface area contributed by atoms with Crippen LogP contribution in [0.15, 0.2) is 0 Å². The third-order valence-corrected chi connectivity index (χ3v) is 6.28. The van der Waals surface area contributed by atoms with Crippen LogP contribution in [0.2, 0.25) is 0 Å². The summed E-state index contributed by atoms with van der Waals surface area (Å²) in [5, 5.41) is -0.208. The van der Waals surface area contributed by atoms with Crippen LogP contribution in [0, 0.1) is 5.92 Å². The molecule has 0 spiro atoms. The van der Waals surface area contributed by atoms with Gasteiger partial charge in [0.05, 0.1) is 11.0 Å². The molecule has 0 aromatic carbocycles. The highest BCUT2D eigenvalue weighted by atomic mass is 32.2. The lowest BCUT2D eigenvalue weighted by atomic mass is 9.86. The molecule has 0 aromatic heterocycles. The van der Waals surface area contributed by atoms with Crippen LogP contribution in [-0.2, 0) is 9.84 Å². The van der Waals surface area contributed by atoms with Crippen molar-refractivity contribution in [3.8, 4) is 0 Å². The fraction of sp³-hybridized carbons (Fsp3) is 1.00. The molecular weight excluding hydrogens is 232 g/mol. The van der Waals surface area contributed by atoms with E-state index < -0.39 is 9.84 Å². The largest absolute Gasteiger partial charge is 0.229 e. The molecule has 0 amide bonds. The van der Waals surface area contributed by atoms with Gasteiger partial charge in [-0.25, -0.2) is 8.42 Å². The second-order valence-corrected chi connectivity index (χ2v) is 8.45. The normalized spacial score (nSPS) is 18.8. The summed E-state index contributed by atoms with van der Waals surface area (Å²) in [5.41, 5.74) is 0. The second-order valence-electron chi connectivity index (χ2n) is 5.77. The molecule has 1 aliphatic carbocycles. The predicted molar refractivity (Wildman–Crippen MR) is 74.0 cm³/mol. The molecular formula is C14H28O2S. The van der Waals surface area contributed by atoms with Crippen molar-refractivity contribution < 1.29 is 8.42 Å². The molecule has 1 rings (SSSR count). The zero-order valence-electron chi connectivity index (χ0n) is 11.5. The molecule has 0 unspecified atom stereocenters. The maximum atomic E-state index is 11.6. The van der Waals surface area contributed by atoms with Crippen LogP contribution in [-0.4, -0.2) is 19.4 Å². The fourth-order valence-electron chi connectivity index (χ4n) is 2.62. The molecule has 0 heterocycles. The molecule has 3 heteroatoms. The van der Waals surface area contributed by atoms with Crippen LogP contribution in [0.25, 0.3) is 0 Å². The highest BCUT2D eigenvalue weighted by Gasteiger charge is 2.16. The zero-order chi connectivity index (χ0) is 12.7. The lowest BCUT2D eigenvalue weighted by molar-refractivity contribution is 0.329. The fourth-order valence-corrected chi connectivity index (χ4v) is 3.70.